The second-order valence-corrected chi connectivity index (χ2v) is 7.73. The fourth-order valence-electron chi connectivity index (χ4n) is 2.02. The summed E-state index contributed by atoms with van der Waals surface area (Å²) in [5.41, 5.74) is -0.796. The molecule has 2 N–H and O–H groups in total. The molecule has 0 heterocycles. The van der Waals surface area contributed by atoms with Crippen LogP contribution < -0.4 is 0 Å². The monoisotopic (exact) mass is 274 g/mol. The van der Waals surface area contributed by atoms with Gasteiger partial charge in [0.1, 0.15) is 5.60 Å². The second kappa shape index (κ2) is 6.23. The highest BCUT2D eigenvalue weighted by Crippen LogP contribution is 2.42. The van der Waals surface area contributed by atoms with Crippen molar-refractivity contribution in [2.75, 3.05) is 6.61 Å². The lowest BCUT2D eigenvalue weighted by Gasteiger charge is -2.44. The number of ether oxygens (including phenoxy) is 1. The molecule has 114 valence electrons. The predicted molar refractivity (Wildman–Crippen MR) is 75.7 cm³/mol. The molecule has 0 aliphatic carbocycles. The zero-order valence-electron chi connectivity index (χ0n) is 13.4. The van der Waals surface area contributed by atoms with Crippen LogP contribution in [0.25, 0.3) is 0 Å². The summed E-state index contributed by atoms with van der Waals surface area (Å²) in [4.78, 5) is 11.9. The zero-order valence-corrected chi connectivity index (χ0v) is 13.4. The summed E-state index contributed by atoms with van der Waals surface area (Å²) in [7, 11) is 0. The normalized spacial score (nSPS) is 17.7. The van der Waals surface area contributed by atoms with Crippen molar-refractivity contribution in [1.29, 1.82) is 0 Å². The molecule has 0 amide bonds. The number of hydrogen-bond donors (Lipinski definition) is 2. The first-order chi connectivity index (χ1) is 8.31. The van der Waals surface area contributed by atoms with Crippen LogP contribution in [0.4, 0.5) is 0 Å². The van der Waals surface area contributed by atoms with Gasteiger partial charge in [-0.15, -0.1) is 0 Å². The van der Waals surface area contributed by atoms with Crippen LogP contribution in [0.15, 0.2) is 0 Å². The van der Waals surface area contributed by atoms with Gasteiger partial charge in [-0.1, -0.05) is 41.5 Å². The molecular formula is C15H30O4. The first kappa shape index (κ1) is 18.4. The highest BCUT2D eigenvalue weighted by Gasteiger charge is 2.43. The molecule has 0 aliphatic heterocycles. The van der Waals surface area contributed by atoms with Crippen molar-refractivity contribution in [3.63, 3.8) is 0 Å². The number of esters is 1. The smallest absolute Gasteiger partial charge is 0.309 e. The Morgan fingerprint density at radius 3 is 1.89 bits per heavy atom. The minimum Gasteiger partial charge on any atom is -0.459 e. The molecule has 2 unspecified atom stereocenters. The van der Waals surface area contributed by atoms with E-state index in [9.17, 15) is 9.90 Å². The lowest BCUT2D eigenvalue weighted by atomic mass is 9.69. The van der Waals surface area contributed by atoms with Gasteiger partial charge in [-0.3, -0.25) is 4.79 Å². The van der Waals surface area contributed by atoms with Crippen molar-refractivity contribution in [2.45, 2.75) is 73.0 Å². The minimum absolute atomic E-state index is 0.0257. The number of carbonyl (C=O) groups excluding carboxylic acids is 1. The van der Waals surface area contributed by atoms with Crippen molar-refractivity contribution in [1.82, 2.24) is 0 Å². The predicted octanol–water partition coefficient (Wildman–Crippen LogP) is 2.51. The van der Waals surface area contributed by atoms with Crippen LogP contribution in [0.5, 0.6) is 0 Å². The minimum atomic E-state index is -1.05. The van der Waals surface area contributed by atoms with Crippen molar-refractivity contribution in [3.05, 3.63) is 0 Å². The number of carbonyl (C=O) groups is 1. The molecule has 0 radical (unpaired) electrons. The maximum atomic E-state index is 11.9. The van der Waals surface area contributed by atoms with E-state index in [0.717, 1.165) is 6.42 Å². The molecule has 0 bridgehead atoms. The molecule has 0 rings (SSSR count). The summed E-state index contributed by atoms with van der Waals surface area (Å²) in [6.07, 6.45) is -0.497. The van der Waals surface area contributed by atoms with Crippen molar-refractivity contribution in [2.24, 2.45) is 10.8 Å². The second-order valence-electron chi connectivity index (χ2n) is 7.73. The van der Waals surface area contributed by atoms with E-state index >= 15 is 0 Å². The molecular weight excluding hydrogens is 244 g/mol. The molecule has 0 spiro atoms. The molecule has 0 aromatic rings. The van der Waals surface area contributed by atoms with Crippen LogP contribution >= 0.6 is 0 Å². The first-order valence-electron chi connectivity index (χ1n) is 6.81. The van der Waals surface area contributed by atoms with Crippen LogP contribution in [0, 0.1) is 10.8 Å². The number of hydrogen-bond acceptors (Lipinski definition) is 4. The Labute approximate surface area is 117 Å². The first-order valence-corrected chi connectivity index (χ1v) is 6.81. The molecule has 0 saturated heterocycles. The van der Waals surface area contributed by atoms with Gasteiger partial charge in [-0.2, -0.15) is 0 Å². The molecule has 2 atom stereocenters. The van der Waals surface area contributed by atoms with Gasteiger partial charge in [0, 0.05) is 5.41 Å². The topological polar surface area (TPSA) is 66.8 Å². The van der Waals surface area contributed by atoms with Gasteiger partial charge in [-0.05, 0) is 18.8 Å². The molecule has 0 aromatic carbocycles. The Morgan fingerprint density at radius 2 is 1.58 bits per heavy atom. The largest absolute Gasteiger partial charge is 0.459 e. The molecule has 0 fully saturated rings. The van der Waals surface area contributed by atoms with Crippen LogP contribution in [0.2, 0.25) is 0 Å². The fourth-order valence-corrected chi connectivity index (χ4v) is 2.02. The Hall–Kier alpha value is -0.610. The summed E-state index contributed by atoms with van der Waals surface area (Å²) in [5, 5.41) is 18.1. The molecule has 0 aromatic heterocycles. The third kappa shape index (κ3) is 6.39. The van der Waals surface area contributed by atoms with Crippen molar-refractivity contribution in [3.8, 4) is 0 Å². The van der Waals surface area contributed by atoms with Gasteiger partial charge in [0.05, 0.1) is 19.1 Å². The third-order valence-electron chi connectivity index (χ3n) is 3.41. The summed E-state index contributed by atoms with van der Waals surface area (Å²) >= 11 is 0. The Balaban J connectivity index is 4.94. The van der Waals surface area contributed by atoms with E-state index < -0.39 is 24.3 Å². The van der Waals surface area contributed by atoms with E-state index in [-0.39, 0.29) is 17.3 Å². The van der Waals surface area contributed by atoms with Gasteiger partial charge in [0.15, 0.2) is 0 Å². The maximum absolute atomic E-state index is 11.9. The Bertz CT molecular complexity index is 298. The summed E-state index contributed by atoms with van der Waals surface area (Å²) in [5.74, 6) is -0.469. The Morgan fingerprint density at radius 1 is 1.11 bits per heavy atom. The van der Waals surface area contributed by atoms with Crippen LogP contribution in [0.3, 0.4) is 0 Å². The van der Waals surface area contributed by atoms with Gasteiger partial charge >= 0.3 is 5.97 Å². The summed E-state index contributed by atoms with van der Waals surface area (Å²) < 4.78 is 5.64. The standard InChI is InChI=1S/C15H30O4/c1-13(2,3)10-15(7,14(4,5)6)19-12(18)8-11(17)9-16/h11,16-17H,8-10H2,1-7H3. The van der Waals surface area contributed by atoms with Crippen LogP contribution in [0.1, 0.15) is 61.3 Å². The molecule has 0 saturated carbocycles. The van der Waals surface area contributed by atoms with E-state index in [2.05, 4.69) is 20.8 Å². The molecule has 0 aliphatic rings. The average Bonchev–Trinajstić information content (AvgIpc) is 2.11. The van der Waals surface area contributed by atoms with Crippen molar-refractivity contribution < 1.29 is 19.7 Å². The molecule has 4 heteroatoms. The third-order valence-corrected chi connectivity index (χ3v) is 3.41. The van der Waals surface area contributed by atoms with E-state index in [1.54, 1.807) is 0 Å². The highest BCUT2D eigenvalue weighted by molar-refractivity contribution is 5.70. The zero-order chi connectivity index (χ0) is 15.5. The van der Waals surface area contributed by atoms with Gasteiger partial charge in [-0.25, -0.2) is 0 Å². The molecule has 4 nitrogen and oxygen atoms in total. The number of aliphatic hydroxyl groups excluding tert-OH is 2. The van der Waals surface area contributed by atoms with E-state index in [1.807, 2.05) is 27.7 Å². The summed E-state index contributed by atoms with van der Waals surface area (Å²) in [6, 6.07) is 0. The van der Waals surface area contributed by atoms with E-state index in [1.165, 1.54) is 0 Å². The van der Waals surface area contributed by atoms with E-state index in [4.69, 9.17) is 9.84 Å². The number of rotatable bonds is 5. The van der Waals surface area contributed by atoms with E-state index in [0.29, 0.717) is 0 Å². The summed E-state index contributed by atoms with van der Waals surface area (Å²) in [6.45, 7) is 13.9. The quantitative estimate of drug-likeness (QED) is 0.756. The Kier molecular flexibility index (Phi) is 6.03. The SMILES string of the molecule is CC(C)(C)CC(C)(OC(=O)CC(O)CO)C(C)(C)C. The lowest BCUT2D eigenvalue weighted by Crippen LogP contribution is -2.47. The highest BCUT2D eigenvalue weighted by atomic mass is 16.6. The lowest BCUT2D eigenvalue weighted by molar-refractivity contribution is -0.177. The van der Waals surface area contributed by atoms with Gasteiger partial charge in [0.25, 0.3) is 0 Å². The number of aliphatic hydroxyl groups is 2. The van der Waals surface area contributed by atoms with Gasteiger partial charge < -0.3 is 14.9 Å². The maximum Gasteiger partial charge on any atom is 0.309 e. The fraction of sp³-hybridized carbons (Fsp3) is 0.933. The van der Waals surface area contributed by atoms with Crippen molar-refractivity contribution >= 4 is 5.97 Å². The van der Waals surface area contributed by atoms with Gasteiger partial charge in [0.2, 0.25) is 0 Å². The average molecular weight is 274 g/mol. The molecule has 19 heavy (non-hydrogen) atoms. The van der Waals surface area contributed by atoms with Crippen LogP contribution in [-0.2, 0) is 9.53 Å². The van der Waals surface area contributed by atoms with Crippen LogP contribution in [-0.4, -0.2) is 34.5 Å².